The summed E-state index contributed by atoms with van der Waals surface area (Å²) in [5.41, 5.74) is 3.40. The van der Waals surface area contributed by atoms with Crippen molar-refractivity contribution < 1.29 is 89.1 Å². The highest BCUT2D eigenvalue weighted by molar-refractivity contribution is 5.72. The van der Waals surface area contributed by atoms with Gasteiger partial charge in [-0.3, -0.25) is 107 Å². The average Bonchev–Trinajstić information content (AvgIpc) is 1.77. The Labute approximate surface area is 833 Å². The molecule has 6 spiro atoms. The van der Waals surface area contributed by atoms with Gasteiger partial charge >= 0.3 is 53.7 Å². The Morgan fingerprint density at radius 3 is 0.871 bits per heavy atom. The molecule has 0 aromatic heterocycles. The molecule has 17 fully saturated rings. The maximum atomic E-state index is 10.8. The summed E-state index contributed by atoms with van der Waals surface area (Å²) in [4.78, 5) is 136. The van der Waals surface area contributed by atoms with Gasteiger partial charge in [0.15, 0.2) is 0 Å². The van der Waals surface area contributed by atoms with Gasteiger partial charge in [0.1, 0.15) is 0 Å². The minimum absolute atomic E-state index is 0.179. The van der Waals surface area contributed by atoms with Gasteiger partial charge in [-0.25, -0.2) is 0 Å². The van der Waals surface area contributed by atoms with Crippen molar-refractivity contribution in [1.29, 1.82) is 0 Å². The predicted molar refractivity (Wildman–Crippen MR) is 541 cm³/mol. The Kier molecular flexibility index (Phi) is 42.7. The number of likely N-dealkylation sites (N-methyl/N-ethyl adjacent to an activating group) is 1. The highest BCUT2D eigenvalue weighted by atomic mass is 16.4. The van der Waals surface area contributed by atoms with E-state index in [1.165, 1.54) is 110 Å². The van der Waals surface area contributed by atoms with Crippen LogP contribution in [0.4, 0.5) is 0 Å². The Balaban J connectivity index is 0.000000175. The number of nitrogens with zero attached hydrogens (tertiary/aromatic N) is 18. The monoisotopic (exact) mass is 1970 g/mol. The molecule has 17 saturated heterocycles. The standard InChI is InChI=1S/C14H26N2O2.2C13H24N2O2.C12H22N2O2.3C11H20N2O2.C10H20N2O2.C8H14N2O2/c1-13(2,3)16-8-5-14(6-9-16)4-7-15(11-14)10-12(17)18;1-12(2,3)15-9-13(10-15)4-6-14(7-5-13)8-11(16)17;1-11(2)15-8-5-13(10-15)3-6-14(7-4-13)9-12(16)17;1-10(2)14-5-3-12(4-6-14)8-13(9-12)7-11(15)16;1-8(2)13-5-9-3-12(7-11(14)15)4-10(9)6-13;1-9(2)13-4-3-11(8-13)6-12(7-11)5-10(14)15;1-9(2)13-7-11(8-13)3-4-12(6-11)5-10(14)15;1-10(2,3)12-6-4-11(5-7-12)8-9(13)14;1-9-3-7-2-6(9)4-10(7)5-8(11)12/h4-11H2,1-3H3,(H,17,18);4-10H2,1-3H3,(H,16,17);11H,3-10H2,1-2H3,(H,16,17);10H,3-9H2,1-2H3,(H,15,16);8-10H,3-7H2,1-2H3,(H,14,15);2*9H,3-8H2,1-2H3,(H,14,15);4-8H2,1-3H3,(H,13,14);6-7H,2-5H2,1H3,(H,11,12). The van der Waals surface area contributed by atoms with Crippen LogP contribution in [0.15, 0.2) is 0 Å². The van der Waals surface area contributed by atoms with Crippen LogP contribution in [0.2, 0.25) is 0 Å². The SMILES string of the molecule is CC(C)(C)N1CC2(CCN(CC(=O)O)CC2)C1.CC(C)(C)N1CCC2(CCN(CC(=O)O)C2)CC1.CC(C)(C)N1CCN(CC(=O)O)CC1.CC(C)N1CC2(CCN(CC(=O)O)C2)C1.CC(C)N1CC2CN(CC(=O)O)CC2C1.CC(C)N1CCC2(CC1)CN(CC(=O)O)C2.CC(C)N1CCC2(CCN(CC(=O)O)CC2)C1.CC(C)N1CCC2(CN(CC(=O)O)C2)C1.CN1CC2CC1CN2CC(=O)O. The van der Waals surface area contributed by atoms with Crippen LogP contribution in [0.1, 0.15) is 215 Å². The van der Waals surface area contributed by atoms with Crippen LogP contribution in [0, 0.1) is 44.3 Å². The Morgan fingerprint density at radius 1 is 0.237 bits per heavy atom. The van der Waals surface area contributed by atoms with Gasteiger partial charge in [-0.1, -0.05) is 0 Å². The summed E-state index contributed by atoms with van der Waals surface area (Å²) in [5.74, 6) is -4.93. The summed E-state index contributed by atoms with van der Waals surface area (Å²) >= 11 is 0. The number of rotatable bonds is 23. The Bertz CT molecular complexity index is 3850. The summed E-state index contributed by atoms with van der Waals surface area (Å²) in [6.07, 6.45) is 15.6. The third kappa shape index (κ3) is 36.0. The summed E-state index contributed by atoms with van der Waals surface area (Å²) in [6, 6.07) is 4.27. The molecule has 0 aromatic carbocycles. The van der Waals surface area contributed by atoms with Crippen molar-refractivity contribution >= 4 is 53.7 Å². The van der Waals surface area contributed by atoms with Gasteiger partial charge in [-0.2, -0.15) is 0 Å². The van der Waals surface area contributed by atoms with Crippen molar-refractivity contribution in [3.05, 3.63) is 0 Å². The normalized spacial score (nSPS) is 27.0. The first-order valence-corrected chi connectivity index (χ1v) is 52.9. The topological polar surface area (TPSA) is 394 Å². The van der Waals surface area contributed by atoms with Crippen LogP contribution in [0.5, 0.6) is 0 Å². The maximum absolute atomic E-state index is 10.8. The molecular weight excluding hydrogens is 1780 g/mol. The summed E-state index contributed by atoms with van der Waals surface area (Å²) in [5, 5.41) is 78.5. The molecule has 9 N–H and O–H groups in total. The molecular formula is C103H190N18O18. The zero-order valence-electron chi connectivity index (χ0n) is 89.5. The third-order valence-corrected chi connectivity index (χ3v) is 34.1. The molecule has 0 radical (unpaired) electrons. The minimum Gasteiger partial charge on any atom is -0.480 e. The molecule has 17 aliphatic rings. The fourth-order valence-corrected chi connectivity index (χ4v) is 25.2. The van der Waals surface area contributed by atoms with E-state index < -0.39 is 53.7 Å². The van der Waals surface area contributed by atoms with Crippen molar-refractivity contribution in [3.8, 4) is 0 Å². The van der Waals surface area contributed by atoms with E-state index in [1.807, 2.05) is 14.7 Å². The zero-order valence-corrected chi connectivity index (χ0v) is 89.5. The number of piperazine rings is 2. The lowest BCUT2D eigenvalue weighted by atomic mass is 9.70. The van der Waals surface area contributed by atoms with Crippen molar-refractivity contribution in [2.24, 2.45) is 44.3 Å². The first kappa shape index (κ1) is 117. The number of hydrogen-bond acceptors (Lipinski definition) is 27. The molecule has 0 amide bonds. The molecule has 36 heteroatoms. The lowest BCUT2D eigenvalue weighted by Gasteiger charge is -2.58. The molecule has 36 nitrogen and oxygen atoms in total. The number of carboxylic acid groups (broad SMARTS) is 9. The fraction of sp³-hybridized carbons (Fsp3) is 0.913. The van der Waals surface area contributed by atoms with Gasteiger partial charge in [0.25, 0.3) is 0 Å². The molecule has 800 valence electrons. The molecule has 0 aromatic rings. The quantitative estimate of drug-likeness (QED) is 0.0539. The smallest absolute Gasteiger partial charge is 0.317 e. The first-order valence-electron chi connectivity index (χ1n) is 52.9. The molecule has 139 heavy (non-hydrogen) atoms. The van der Waals surface area contributed by atoms with Gasteiger partial charge in [-0.05, 0) is 334 Å². The molecule has 17 heterocycles. The second kappa shape index (κ2) is 50.7. The number of carboxylic acids is 9. The lowest BCUT2D eigenvalue weighted by molar-refractivity contribution is -0.144. The lowest BCUT2D eigenvalue weighted by Crippen LogP contribution is -2.65. The summed E-state index contributed by atoms with van der Waals surface area (Å²) in [6.45, 7) is 80.1. The van der Waals surface area contributed by atoms with Crippen LogP contribution in [0.25, 0.3) is 0 Å². The van der Waals surface area contributed by atoms with Gasteiger partial charge in [0.05, 0.1) is 58.9 Å². The van der Waals surface area contributed by atoms with E-state index in [0.29, 0.717) is 86.6 Å². The second-order valence-electron chi connectivity index (χ2n) is 49.9. The van der Waals surface area contributed by atoms with Gasteiger partial charge in [0, 0.05) is 214 Å². The maximum Gasteiger partial charge on any atom is 0.317 e. The van der Waals surface area contributed by atoms with Crippen LogP contribution < -0.4 is 0 Å². The molecule has 2 bridgehead atoms. The van der Waals surface area contributed by atoms with E-state index in [4.69, 9.17) is 46.0 Å². The van der Waals surface area contributed by atoms with Crippen molar-refractivity contribution in [3.63, 3.8) is 0 Å². The number of carbonyl (C=O) groups is 9. The molecule has 17 aliphatic heterocycles. The molecule has 0 aliphatic carbocycles. The van der Waals surface area contributed by atoms with Gasteiger partial charge in [0.2, 0.25) is 0 Å². The molecule has 17 rings (SSSR count). The summed E-state index contributed by atoms with van der Waals surface area (Å²) < 4.78 is 0. The second-order valence-corrected chi connectivity index (χ2v) is 49.9. The largest absolute Gasteiger partial charge is 0.480 e. The van der Waals surface area contributed by atoms with Crippen LogP contribution >= 0.6 is 0 Å². The highest BCUT2D eigenvalue weighted by Crippen LogP contribution is 2.48. The average molecular weight is 1970 g/mol. The van der Waals surface area contributed by atoms with Gasteiger partial charge < -0.3 is 70.5 Å². The number of likely N-dealkylation sites (tertiary alicyclic amines) is 16. The minimum atomic E-state index is -0.728. The number of hydrogen-bond donors (Lipinski definition) is 9. The van der Waals surface area contributed by atoms with E-state index in [9.17, 15) is 43.2 Å². The highest BCUT2D eigenvalue weighted by Gasteiger charge is 2.53. The van der Waals surface area contributed by atoms with E-state index in [2.05, 4.69) is 212 Å². The van der Waals surface area contributed by atoms with E-state index in [1.54, 1.807) is 0 Å². The van der Waals surface area contributed by atoms with Gasteiger partial charge in [-0.15, -0.1) is 0 Å². The first-order chi connectivity index (χ1) is 64.8. The zero-order chi connectivity index (χ0) is 103. The number of fused-ring (bicyclic) bond motifs is 3. The van der Waals surface area contributed by atoms with Crippen molar-refractivity contribution in [1.82, 2.24) is 88.2 Å². The molecule has 4 atom stereocenters. The molecule has 4 unspecified atom stereocenters. The number of aliphatic carboxylic acids is 9. The van der Waals surface area contributed by atoms with E-state index in [0.717, 1.165) is 196 Å². The van der Waals surface area contributed by atoms with Crippen molar-refractivity contribution in [2.45, 2.75) is 274 Å². The summed E-state index contributed by atoms with van der Waals surface area (Å²) in [7, 11) is 2.11. The molecule has 0 saturated carbocycles. The van der Waals surface area contributed by atoms with Crippen molar-refractivity contribution in [2.75, 3.05) is 288 Å². The van der Waals surface area contributed by atoms with E-state index >= 15 is 0 Å². The third-order valence-electron chi connectivity index (χ3n) is 34.1. The number of piperidine rings is 4. The van der Waals surface area contributed by atoms with Crippen LogP contribution in [-0.4, -0.2) is 535 Å². The van der Waals surface area contributed by atoms with Crippen LogP contribution in [-0.2, 0) is 43.2 Å². The Morgan fingerprint density at radius 2 is 0.504 bits per heavy atom. The van der Waals surface area contributed by atoms with Crippen LogP contribution in [0.3, 0.4) is 0 Å². The van der Waals surface area contributed by atoms with E-state index in [-0.39, 0.29) is 75.5 Å². The predicted octanol–water partition coefficient (Wildman–Crippen LogP) is 6.33. The Hall–Kier alpha value is -5.49. The fourth-order valence-electron chi connectivity index (χ4n) is 25.2.